The van der Waals surface area contributed by atoms with Gasteiger partial charge in [-0.3, -0.25) is 23.6 Å². The van der Waals surface area contributed by atoms with E-state index in [1.54, 1.807) is 31.9 Å². The Morgan fingerprint density at radius 2 is 1.80 bits per heavy atom. The zero-order chi connectivity index (χ0) is 18.1. The minimum atomic E-state index is -0.336. The smallest absolute Gasteiger partial charge is 0.332 e. The van der Waals surface area contributed by atoms with Gasteiger partial charge < -0.3 is 9.47 Å². The van der Waals surface area contributed by atoms with E-state index < -0.39 is 0 Å². The molecule has 3 heterocycles. The van der Waals surface area contributed by atoms with Gasteiger partial charge in [-0.2, -0.15) is 0 Å². The normalized spacial score (nSPS) is 15.9. The molecule has 0 aliphatic carbocycles. The number of imidazole rings is 1. The first-order chi connectivity index (χ1) is 11.9. The minimum absolute atomic E-state index is 0.110. The van der Waals surface area contributed by atoms with Gasteiger partial charge in [-0.15, -0.1) is 0 Å². The quantitative estimate of drug-likeness (QED) is 0.707. The zero-order valence-electron chi connectivity index (χ0n) is 14.9. The maximum atomic E-state index is 12.6. The summed E-state index contributed by atoms with van der Waals surface area (Å²) in [5.41, 5.74) is 0.225. The first-order valence-corrected chi connectivity index (χ1v) is 8.49. The van der Waals surface area contributed by atoms with Crippen LogP contribution in [0, 0.1) is 0 Å². The van der Waals surface area contributed by atoms with E-state index in [2.05, 4.69) is 9.88 Å². The largest absolute Gasteiger partial charge is 0.340 e. The fourth-order valence-electron chi connectivity index (χ4n) is 3.33. The van der Waals surface area contributed by atoms with Gasteiger partial charge in [0.15, 0.2) is 11.2 Å². The molecule has 0 saturated carbocycles. The van der Waals surface area contributed by atoms with Crippen molar-refractivity contribution in [3.05, 3.63) is 27.2 Å². The number of rotatable bonds is 4. The van der Waals surface area contributed by atoms with Gasteiger partial charge in [0.2, 0.25) is 5.91 Å². The summed E-state index contributed by atoms with van der Waals surface area (Å²) in [5.74, 6) is 0.110. The molecule has 0 N–H and O–H groups in total. The lowest BCUT2D eigenvalue weighted by atomic mass is 10.3. The summed E-state index contributed by atoms with van der Waals surface area (Å²) < 4.78 is 4.35. The first-order valence-electron chi connectivity index (χ1n) is 8.49. The number of fused-ring (bicyclic) bond motifs is 1. The molecule has 2 aromatic heterocycles. The van der Waals surface area contributed by atoms with Crippen LogP contribution in [-0.4, -0.2) is 67.1 Å². The SMILES string of the molecule is CC(=O)N1CCN(CCCn2c(=O)c3c(ncn3C)n(C)c2=O)CC1. The van der Waals surface area contributed by atoms with Crippen molar-refractivity contribution in [1.82, 2.24) is 28.5 Å². The molecule has 1 saturated heterocycles. The van der Waals surface area contributed by atoms with Crippen LogP contribution in [0.4, 0.5) is 0 Å². The number of carbonyl (C=O) groups excluding carboxylic acids is 1. The Morgan fingerprint density at radius 3 is 2.44 bits per heavy atom. The van der Waals surface area contributed by atoms with Crippen LogP contribution in [0.25, 0.3) is 11.2 Å². The molecule has 1 aliphatic rings. The molecule has 0 spiro atoms. The van der Waals surface area contributed by atoms with Crippen molar-refractivity contribution in [2.45, 2.75) is 19.9 Å². The van der Waals surface area contributed by atoms with E-state index in [4.69, 9.17) is 0 Å². The predicted octanol–water partition coefficient (Wildman–Crippen LogP) is -1.01. The molecule has 9 heteroatoms. The van der Waals surface area contributed by atoms with Gasteiger partial charge in [0.05, 0.1) is 6.33 Å². The maximum absolute atomic E-state index is 12.6. The van der Waals surface area contributed by atoms with Crippen LogP contribution in [0.15, 0.2) is 15.9 Å². The molecular formula is C16H24N6O3. The first kappa shape index (κ1) is 17.4. The summed E-state index contributed by atoms with van der Waals surface area (Å²) in [6.45, 7) is 5.88. The summed E-state index contributed by atoms with van der Waals surface area (Å²) >= 11 is 0. The molecule has 2 aromatic rings. The summed E-state index contributed by atoms with van der Waals surface area (Å²) in [7, 11) is 3.38. The van der Waals surface area contributed by atoms with Crippen LogP contribution in [0.1, 0.15) is 13.3 Å². The van der Waals surface area contributed by atoms with Gasteiger partial charge in [-0.05, 0) is 13.0 Å². The van der Waals surface area contributed by atoms with E-state index in [1.807, 2.05) is 4.90 Å². The number of piperazine rings is 1. The Labute approximate surface area is 145 Å². The van der Waals surface area contributed by atoms with E-state index >= 15 is 0 Å². The molecule has 0 bridgehead atoms. The van der Waals surface area contributed by atoms with Crippen molar-refractivity contribution < 1.29 is 4.79 Å². The number of amides is 1. The van der Waals surface area contributed by atoms with Gasteiger partial charge in [-0.1, -0.05) is 0 Å². The van der Waals surface area contributed by atoms with Crippen molar-refractivity contribution in [3.63, 3.8) is 0 Å². The molecule has 0 radical (unpaired) electrons. The summed E-state index contributed by atoms with van der Waals surface area (Å²) in [6.07, 6.45) is 2.25. The summed E-state index contributed by atoms with van der Waals surface area (Å²) in [5, 5.41) is 0. The van der Waals surface area contributed by atoms with Crippen molar-refractivity contribution in [2.75, 3.05) is 32.7 Å². The Balaban J connectivity index is 1.68. The summed E-state index contributed by atoms with van der Waals surface area (Å²) in [6, 6.07) is 0. The highest BCUT2D eigenvalue weighted by atomic mass is 16.2. The molecule has 9 nitrogen and oxygen atoms in total. The van der Waals surface area contributed by atoms with Crippen LogP contribution in [-0.2, 0) is 25.4 Å². The Hall–Kier alpha value is -2.42. The van der Waals surface area contributed by atoms with Gasteiger partial charge in [0, 0.05) is 53.7 Å². The van der Waals surface area contributed by atoms with Crippen LogP contribution >= 0.6 is 0 Å². The molecule has 0 aromatic carbocycles. The van der Waals surface area contributed by atoms with Crippen LogP contribution in [0.2, 0.25) is 0 Å². The molecule has 1 amide bonds. The summed E-state index contributed by atoms with van der Waals surface area (Å²) in [4.78, 5) is 44.6. The molecule has 0 atom stereocenters. The van der Waals surface area contributed by atoms with E-state index in [0.717, 1.165) is 32.7 Å². The van der Waals surface area contributed by atoms with Crippen LogP contribution in [0.5, 0.6) is 0 Å². The highest BCUT2D eigenvalue weighted by Crippen LogP contribution is 2.05. The van der Waals surface area contributed by atoms with E-state index in [1.165, 1.54) is 9.13 Å². The lowest BCUT2D eigenvalue weighted by Crippen LogP contribution is -2.48. The van der Waals surface area contributed by atoms with E-state index in [-0.39, 0.29) is 17.2 Å². The average Bonchev–Trinajstić information content (AvgIpc) is 2.98. The second-order valence-corrected chi connectivity index (χ2v) is 6.53. The van der Waals surface area contributed by atoms with Gasteiger partial charge in [0.25, 0.3) is 5.56 Å². The Kier molecular flexibility index (Phi) is 4.76. The predicted molar refractivity (Wildman–Crippen MR) is 93.5 cm³/mol. The van der Waals surface area contributed by atoms with Crippen LogP contribution in [0.3, 0.4) is 0 Å². The standard InChI is InChI=1S/C16H24N6O3/c1-12(23)21-9-7-20(8-10-21)5-4-6-22-15(24)13-14(17-11-18(13)2)19(3)16(22)25/h11H,4-10H2,1-3H3. The topological polar surface area (TPSA) is 85.4 Å². The third kappa shape index (κ3) is 3.23. The third-order valence-corrected chi connectivity index (χ3v) is 4.87. The Bertz CT molecular complexity index is 901. The molecule has 136 valence electrons. The lowest BCUT2D eigenvalue weighted by molar-refractivity contribution is -0.130. The zero-order valence-corrected chi connectivity index (χ0v) is 14.9. The number of carbonyl (C=O) groups is 1. The molecular weight excluding hydrogens is 324 g/mol. The molecule has 3 rings (SSSR count). The third-order valence-electron chi connectivity index (χ3n) is 4.87. The second-order valence-electron chi connectivity index (χ2n) is 6.53. The number of nitrogens with zero attached hydrogens (tertiary/aromatic N) is 6. The van der Waals surface area contributed by atoms with Gasteiger partial charge in [-0.25, -0.2) is 9.78 Å². The molecule has 1 aliphatic heterocycles. The number of hydrogen-bond donors (Lipinski definition) is 0. The van der Waals surface area contributed by atoms with Crippen molar-refractivity contribution >= 4 is 17.1 Å². The van der Waals surface area contributed by atoms with Gasteiger partial charge in [0.1, 0.15) is 0 Å². The monoisotopic (exact) mass is 348 g/mol. The van der Waals surface area contributed by atoms with E-state index in [0.29, 0.717) is 24.1 Å². The van der Waals surface area contributed by atoms with Crippen molar-refractivity contribution in [3.8, 4) is 0 Å². The Morgan fingerprint density at radius 1 is 1.12 bits per heavy atom. The number of aromatic nitrogens is 4. The maximum Gasteiger partial charge on any atom is 0.332 e. The van der Waals surface area contributed by atoms with Crippen molar-refractivity contribution in [2.24, 2.45) is 14.1 Å². The van der Waals surface area contributed by atoms with Crippen molar-refractivity contribution in [1.29, 1.82) is 0 Å². The second kappa shape index (κ2) is 6.83. The highest BCUT2D eigenvalue weighted by Gasteiger charge is 2.19. The minimum Gasteiger partial charge on any atom is -0.340 e. The molecule has 1 fully saturated rings. The van der Waals surface area contributed by atoms with E-state index in [9.17, 15) is 14.4 Å². The van der Waals surface area contributed by atoms with Crippen LogP contribution < -0.4 is 11.2 Å². The fraction of sp³-hybridized carbons (Fsp3) is 0.625. The van der Waals surface area contributed by atoms with Gasteiger partial charge >= 0.3 is 5.69 Å². The fourth-order valence-corrected chi connectivity index (χ4v) is 3.33. The highest BCUT2D eigenvalue weighted by molar-refractivity contribution is 5.73. The average molecular weight is 348 g/mol. The molecule has 0 unspecified atom stereocenters. The number of aryl methyl sites for hydroxylation is 2. The lowest BCUT2D eigenvalue weighted by Gasteiger charge is -2.34. The molecule has 25 heavy (non-hydrogen) atoms. The number of hydrogen-bond acceptors (Lipinski definition) is 5.